The molecular formula is C20H17N3O2S. The first-order valence-electron chi connectivity index (χ1n) is 8.38. The third-order valence-corrected chi connectivity index (χ3v) is 5.03. The van der Waals surface area contributed by atoms with E-state index in [4.69, 9.17) is 9.72 Å². The van der Waals surface area contributed by atoms with E-state index in [1.807, 2.05) is 18.2 Å². The molecule has 0 bridgehead atoms. The van der Waals surface area contributed by atoms with Crippen LogP contribution in [0.5, 0.6) is 0 Å². The van der Waals surface area contributed by atoms with Gasteiger partial charge in [-0.05, 0) is 36.3 Å². The zero-order valence-electron chi connectivity index (χ0n) is 14.2. The Morgan fingerprint density at radius 3 is 2.96 bits per heavy atom. The molecule has 0 unspecified atom stereocenters. The highest BCUT2D eigenvalue weighted by Crippen LogP contribution is 2.42. The van der Waals surface area contributed by atoms with Crippen LogP contribution in [-0.2, 0) is 16.0 Å². The molecule has 0 saturated heterocycles. The summed E-state index contributed by atoms with van der Waals surface area (Å²) in [6.45, 7) is 2.18. The Morgan fingerprint density at radius 1 is 1.31 bits per heavy atom. The lowest BCUT2D eigenvalue weighted by Crippen LogP contribution is -1.98. The predicted octanol–water partition coefficient (Wildman–Crippen LogP) is 4.43. The van der Waals surface area contributed by atoms with E-state index in [1.54, 1.807) is 36.7 Å². The summed E-state index contributed by atoms with van der Waals surface area (Å²) in [4.78, 5) is 21.5. The van der Waals surface area contributed by atoms with Gasteiger partial charge in [-0.15, -0.1) is 11.3 Å². The minimum absolute atomic E-state index is 0.319. The van der Waals surface area contributed by atoms with Crippen molar-refractivity contribution in [3.05, 3.63) is 64.8 Å². The van der Waals surface area contributed by atoms with Crippen LogP contribution >= 0.6 is 11.3 Å². The minimum atomic E-state index is -0.319. The first-order chi connectivity index (χ1) is 12.7. The van der Waals surface area contributed by atoms with Crippen molar-refractivity contribution in [3.63, 3.8) is 0 Å². The summed E-state index contributed by atoms with van der Waals surface area (Å²) in [6.07, 6.45) is 7.62. The molecule has 5 nitrogen and oxygen atoms in total. The largest absolute Gasteiger partial charge is 0.463 e. The van der Waals surface area contributed by atoms with Crippen molar-refractivity contribution >= 4 is 34.2 Å². The first-order valence-corrected chi connectivity index (χ1v) is 9.19. The second-order valence-electron chi connectivity index (χ2n) is 5.83. The molecule has 26 heavy (non-hydrogen) atoms. The van der Waals surface area contributed by atoms with Crippen LogP contribution < -0.4 is 5.32 Å². The van der Waals surface area contributed by atoms with Crippen molar-refractivity contribution in [2.75, 3.05) is 11.9 Å². The number of hydrogen-bond acceptors (Lipinski definition) is 6. The van der Waals surface area contributed by atoms with Gasteiger partial charge in [0.15, 0.2) is 5.13 Å². The van der Waals surface area contributed by atoms with Crippen molar-refractivity contribution in [2.24, 2.45) is 0 Å². The van der Waals surface area contributed by atoms with E-state index in [0.29, 0.717) is 6.61 Å². The van der Waals surface area contributed by atoms with Gasteiger partial charge < -0.3 is 10.1 Å². The zero-order valence-corrected chi connectivity index (χ0v) is 15.0. The lowest BCUT2D eigenvalue weighted by atomic mass is 10.1. The van der Waals surface area contributed by atoms with Crippen LogP contribution in [0.4, 0.5) is 10.8 Å². The average molecular weight is 363 g/mol. The van der Waals surface area contributed by atoms with E-state index in [-0.39, 0.29) is 5.97 Å². The van der Waals surface area contributed by atoms with Gasteiger partial charge in [0, 0.05) is 41.0 Å². The number of nitrogens with zero attached hydrogens (tertiary/aromatic N) is 2. The van der Waals surface area contributed by atoms with Gasteiger partial charge in [-0.25, -0.2) is 9.78 Å². The molecule has 1 N–H and O–H groups in total. The topological polar surface area (TPSA) is 64.1 Å². The Morgan fingerprint density at radius 2 is 2.15 bits per heavy atom. The third-order valence-electron chi connectivity index (χ3n) is 4.06. The maximum Gasteiger partial charge on any atom is 0.330 e. The van der Waals surface area contributed by atoms with Gasteiger partial charge in [-0.1, -0.05) is 18.2 Å². The van der Waals surface area contributed by atoms with Crippen molar-refractivity contribution in [2.45, 2.75) is 13.3 Å². The summed E-state index contributed by atoms with van der Waals surface area (Å²) < 4.78 is 4.91. The Kier molecular flexibility index (Phi) is 4.50. The monoisotopic (exact) mass is 363 g/mol. The van der Waals surface area contributed by atoms with Crippen LogP contribution in [0.25, 0.3) is 17.3 Å². The molecule has 3 aromatic rings. The molecule has 0 saturated carbocycles. The number of ether oxygens (including phenoxy) is 1. The van der Waals surface area contributed by atoms with E-state index in [0.717, 1.165) is 34.1 Å². The van der Waals surface area contributed by atoms with E-state index in [9.17, 15) is 4.79 Å². The summed E-state index contributed by atoms with van der Waals surface area (Å²) in [5, 5.41) is 4.21. The van der Waals surface area contributed by atoms with Crippen LogP contribution in [0.2, 0.25) is 0 Å². The Balaban J connectivity index is 1.53. The Bertz CT molecular complexity index is 980. The average Bonchev–Trinajstić information content (AvgIpc) is 3.17. The number of fused-ring (bicyclic) bond motifs is 3. The number of carbonyl (C=O) groups is 1. The number of aromatic nitrogens is 2. The van der Waals surface area contributed by atoms with Crippen molar-refractivity contribution in [3.8, 4) is 11.3 Å². The fraction of sp³-hybridized carbons (Fsp3) is 0.150. The number of rotatable bonds is 5. The molecular weight excluding hydrogens is 346 g/mol. The van der Waals surface area contributed by atoms with E-state index in [1.165, 1.54) is 16.5 Å². The first kappa shape index (κ1) is 16.5. The van der Waals surface area contributed by atoms with E-state index >= 15 is 0 Å². The van der Waals surface area contributed by atoms with Gasteiger partial charge in [-0.3, -0.25) is 4.98 Å². The van der Waals surface area contributed by atoms with Gasteiger partial charge in [0.25, 0.3) is 0 Å². The third kappa shape index (κ3) is 3.36. The smallest absolute Gasteiger partial charge is 0.330 e. The molecule has 0 aliphatic heterocycles. The van der Waals surface area contributed by atoms with Gasteiger partial charge in [0.2, 0.25) is 0 Å². The lowest BCUT2D eigenvalue weighted by molar-refractivity contribution is -0.137. The van der Waals surface area contributed by atoms with Crippen LogP contribution in [0.15, 0.2) is 48.8 Å². The number of anilines is 2. The molecule has 0 atom stereocenters. The van der Waals surface area contributed by atoms with Gasteiger partial charge >= 0.3 is 5.97 Å². The number of esters is 1. The summed E-state index contributed by atoms with van der Waals surface area (Å²) in [5.41, 5.74) is 5.41. The number of carbonyl (C=O) groups excluding carboxylic acids is 1. The molecule has 0 radical (unpaired) electrons. The molecule has 0 spiro atoms. The molecule has 6 heteroatoms. The van der Waals surface area contributed by atoms with Crippen molar-refractivity contribution < 1.29 is 9.53 Å². The number of nitrogens with one attached hydrogen (secondary N) is 1. The molecule has 2 heterocycles. The second kappa shape index (κ2) is 7.09. The number of thiazole rings is 1. The van der Waals surface area contributed by atoms with Crippen molar-refractivity contribution in [1.29, 1.82) is 0 Å². The SMILES string of the molecule is CCOC(=O)/C=C/c1ccc2c(c1)Cc1sc(Nc3ccncc3)nc1-2. The summed E-state index contributed by atoms with van der Waals surface area (Å²) >= 11 is 1.67. The zero-order chi connectivity index (χ0) is 17.9. The highest BCUT2D eigenvalue weighted by Gasteiger charge is 2.23. The molecule has 1 aliphatic carbocycles. The molecule has 2 aromatic heterocycles. The highest BCUT2D eigenvalue weighted by molar-refractivity contribution is 7.16. The minimum Gasteiger partial charge on any atom is -0.463 e. The fourth-order valence-electron chi connectivity index (χ4n) is 2.92. The molecule has 0 fully saturated rings. The Hall–Kier alpha value is -2.99. The Labute approximate surface area is 155 Å². The normalized spacial score (nSPS) is 12.0. The molecule has 130 valence electrons. The quantitative estimate of drug-likeness (QED) is 0.420. The molecule has 1 aromatic carbocycles. The van der Waals surface area contributed by atoms with Crippen LogP contribution in [0.1, 0.15) is 22.9 Å². The lowest BCUT2D eigenvalue weighted by Gasteiger charge is -2.03. The second-order valence-corrected chi connectivity index (χ2v) is 6.91. The van der Waals surface area contributed by atoms with E-state index in [2.05, 4.69) is 22.4 Å². The fourth-order valence-corrected chi connectivity index (χ4v) is 3.94. The standard InChI is InChI=1S/C20H17N3O2S/c1-2-25-18(24)6-4-13-3-5-16-14(11-13)12-17-19(16)23-20(26-17)22-15-7-9-21-10-8-15/h3-11H,2,12H2,1H3,(H,21,22,23)/b6-4+. The van der Waals surface area contributed by atoms with Crippen LogP contribution in [-0.4, -0.2) is 22.5 Å². The van der Waals surface area contributed by atoms with Gasteiger partial charge in [-0.2, -0.15) is 0 Å². The molecule has 4 rings (SSSR count). The number of pyridine rings is 1. The number of hydrogen-bond donors (Lipinski definition) is 1. The maximum atomic E-state index is 11.4. The highest BCUT2D eigenvalue weighted by atomic mass is 32.1. The maximum absolute atomic E-state index is 11.4. The molecule has 1 aliphatic rings. The van der Waals surface area contributed by atoms with Gasteiger partial charge in [0.05, 0.1) is 12.3 Å². The van der Waals surface area contributed by atoms with Crippen molar-refractivity contribution in [1.82, 2.24) is 9.97 Å². The summed E-state index contributed by atoms with van der Waals surface area (Å²) in [6, 6.07) is 10.0. The van der Waals surface area contributed by atoms with Crippen LogP contribution in [0, 0.1) is 0 Å². The molecule has 0 amide bonds. The summed E-state index contributed by atoms with van der Waals surface area (Å²) in [5.74, 6) is -0.319. The van der Waals surface area contributed by atoms with Crippen LogP contribution in [0.3, 0.4) is 0 Å². The predicted molar refractivity (Wildman–Crippen MR) is 104 cm³/mol. The van der Waals surface area contributed by atoms with E-state index < -0.39 is 0 Å². The summed E-state index contributed by atoms with van der Waals surface area (Å²) in [7, 11) is 0. The van der Waals surface area contributed by atoms with Gasteiger partial charge in [0.1, 0.15) is 0 Å². The number of benzene rings is 1.